The Labute approximate surface area is 222 Å². The van der Waals surface area contributed by atoms with E-state index in [1.807, 2.05) is 74.4 Å². The van der Waals surface area contributed by atoms with Crippen molar-refractivity contribution in [3.05, 3.63) is 114 Å². The standard InChI is InChI=1S/C32H29N3O3/c1-5-37-27-20-22(34(2)3)17-18-25(27)32(30-24(31(36)38-32)15-11-19-33-30)28-23-14-9-10-16-26(23)35(4)29(28)21-12-7-6-8-13-21/h6-20H,5H2,1-4H3. The molecule has 1 aliphatic rings. The lowest BCUT2D eigenvalue weighted by molar-refractivity contribution is 0.0241. The van der Waals surface area contributed by atoms with Crippen LogP contribution in [0.15, 0.2) is 91.1 Å². The Kier molecular flexibility index (Phi) is 5.68. The van der Waals surface area contributed by atoms with E-state index in [0.29, 0.717) is 23.6 Å². The van der Waals surface area contributed by atoms with E-state index in [0.717, 1.165) is 39.0 Å². The molecule has 6 rings (SSSR count). The van der Waals surface area contributed by atoms with Gasteiger partial charge >= 0.3 is 5.97 Å². The summed E-state index contributed by atoms with van der Waals surface area (Å²) < 4.78 is 15.0. The molecule has 0 spiro atoms. The van der Waals surface area contributed by atoms with Crippen molar-refractivity contribution in [2.24, 2.45) is 7.05 Å². The van der Waals surface area contributed by atoms with Crippen molar-refractivity contribution in [2.75, 3.05) is 25.6 Å². The van der Waals surface area contributed by atoms with E-state index in [1.165, 1.54) is 0 Å². The number of esters is 1. The van der Waals surface area contributed by atoms with Crippen molar-refractivity contribution >= 4 is 22.6 Å². The van der Waals surface area contributed by atoms with E-state index < -0.39 is 11.6 Å². The molecular weight excluding hydrogens is 474 g/mol. The number of rotatable bonds is 6. The number of fused-ring (bicyclic) bond motifs is 2. The molecule has 0 radical (unpaired) electrons. The molecule has 0 aliphatic carbocycles. The molecule has 190 valence electrons. The quantitative estimate of drug-likeness (QED) is 0.260. The summed E-state index contributed by atoms with van der Waals surface area (Å²) in [4.78, 5) is 20.4. The number of aryl methyl sites for hydroxylation is 1. The molecule has 6 heteroatoms. The van der Waals surface area contributed by atoms with Gasteiger partial charge in [0.15, 0.2) is 0 Å². The maximum absolute atomic E-state index is 13.5. The number of carbonyl (C=O) groups is 1. The SMILES string of the molecule is CCOc1cc(N(C)C)ccc1C1(c2c(-c3ccccc3)n(C)c3ccccc23)OC(=O)c2cccnc21. The molecule has 0 saturated heterocycles. The number of anilines is 1. The van der Waals surface area contributed by atoms with Gasteiger partial charge in [0, 0.05) is 61.1 Å². The van der Waals surface area contributed by atoms with Crippen molar-refractivity contribution in [2.45, 2.75) is 12.5 Å². The fourth-order valence-electron chi connectivity index (χ4n) is 5.62. The Bertz CT molecular complexity index is 1670. The van der Waals surface area contributed by atoms with E-state index >= 15 is 0 Å². The molecular formula is C32H29N3O3. The highest BCUT2D eigenvalue weighted by atomic mass is 16.6. The van der Waals surface area contributed by atoms with Gasteiger partial charge in [-0.25, -0.2) is 4.79 Å². The molecule has 0 bridgehead atoms. The van der Waals surface area contributed by atoms with Crippen molar-refractivity contribution in [1.29, 1.82) is 0 Å². The van der Waals surface area contributed by atoms with Crippen LogP contribution in [0.4, 0.5) is 5.69 Å². The van der Waals surface area contributed by atoms with Crippen molar-refractivity contribution < 1.29 is 14.3 Å². The number of pyridine rings is 1. The van der Waals surface area contributed by atoms with Gasteiger partial charge in [-0.1, -0.05) is 48.5 Å². The summed E-state index contributed by atoms with van der Waals surface area (Å²) in [7, 11) is 6.03. The van der Waals surface area contributed by atoms with Crippen LogP contribution < -0.4 is 9.64 Å². The molecule has 3 heterocycles. The lowest BCUT2D eigenvalue weighted by Gasteiger charge is -2.32. The summed E-state index contributed by atoms with van der Waals surface area (Å²) in [5.41, 5.74) is 5.30. The second-order valence-electron chi connectivity index (χ2n) is 9.64. The minimum Gasteiger partial charge on any atom is -0.493 e. The number of hydrogen-bond acceptors (Lipinski definition) is 5. The average molecular weight is 504 g/mol. The normalized spacial score (nSPS) is 16.4. The molecule has 0 N–H and O–H groups in total. The third-order valence-corrected chi connectivity index (χ3v) is 7.27. The fourth-order valence-corrected chi connectivity index (χ4v) is 5.62. The molecule has 1 aliphatic heterocycles. The predicted molar refractivity (Wildman–Crippen MR) is 150 cm³/mol. The molecule has 2 aromatic heterocycles. The number of aromatic nitrogens is 2. The highest BCUT2D eigenvalue weighted by Crippen LogP contribution is 2.54. The van der Waals surface area contributed by atoms with Crippen molar-refractivity contribution in [1.82, 2.24) is 9.55 Å². The van der Waals surface area contributed by atoms with Gasteiger partial charge in [-0.2, -0.15) is 0 Å². The van der Waals surface area contributed by atoms with E-state index in [2.05, 4.69) is 35.9 Å². The highest BCUT2D eigenvalue weighted by molar-refractivity contribution is 6.00. The molecule has 1 unspecified atom stereocenters. The van der Waals surface area contributed by atoms with E-state index in [-0.39, 0.29) is 0 Å². The average Bonchev–Trinajstić information content (AvgIpc) is 3.41. The van der Waals surface area contributed by atoms with Gasteiger partial charge in [0.1, 0.15) is 11.4 Å². The Morgan fingerprint density at radius 1 is 0.974 bits per heavy atom. The van der Waals surface area contributed by atoms with Gasteiger partial charge in [0.2, 0.25) is 5.60 Å². The zero-order valence-corrected chi connectivity index (χ0v) is 21.9. The van der Waals surface area contributed by atoms with Crippen LogP contribution in [0, 0.1) is 0 Å². The maximum Gasteiger partial charge on any atom is 0.341 e. The molecule has 6 nitrogen and oxygen atoms in total. The number of ether oxygens (including phenoxy) is 2. The van der Waals surface area contributed by atoms with Gasteiger partial charge in [-0.3, -0.25) is 4.98 Å². The first kappa shape index (κ1) is 23.8. The third kappa shape index (κ3) is 3.40. The summed E-state index contributed by atoms with van der Waals surface area (Å²) in [6.07, 6.45) is 1.72. The summed E-state index contributed by atoms with van der Waals surface area (Å²) in [5.74, 6) is 0.246. The second kappa shape index (κ2) is 9.06. The van der Waals surface area contributed by atoms with Gasteiger partial charge in [0.25, 0.3) is 0 Å². The first-order valence-electron chi connectivity index (χ1n) is 12.7. The van der Waals surface area contributed by atoms with Crippen molar-refractivity contribution in [3.63, 3.8) is 0 Å². The monoisotopic (exact) mass is 503 g/mol. The zero-order chi connectivity index (χ0) is 26.4. The molecule has 0 amide bonds. The van der Waals surface area contributed by atoms with Gasteiger partial charge in [-0.15, -0.1) is 0 Å². The lowest BCUT2D eigenvalue weighted by Crippen LogP contribution is -2.32. The Hall–Kier alpha value is -4.58. The van der Waals surface area contributed by atoms with Crippen LogP contribution >= 0.6 is 0 Å². The van der Waals surface area contributed by atoms with Crippen LogP contribution in [-0.2, 0) is 17.4 Å². The van der Waals surface area contributed by atoms with Crippen LogP contribution in [0.2, 0.25) is 0 Å². The summed E-state index contributed by atoms with van der Waals surface area (Å²) >= 11 is 0. The fraction of sp³-hybridized carbons (Fsp3) is 0.188. The number of benzene rings is 3. The molecule has 5 aromatic rings. The molecule has 38 heavy (non-hydrogen) atoms. The Morgan fingerprint density at radius 3 is 2.50 bits per heavy atom. The summed E-state index contributed by atoms with van der Waals surface area (Å²) in [6, 6.07) is 28.0. The number of hydrogen-bond donors (Lipinski definition) is 0. The van der Waals surface area contributed by atoms with Crippen LogP contribution in [0.1, 0.15) is 34.1 Å². The predicted octanol–water partition coefficient (Wildman–Crippen LogP) is 6.17. The zero-order valence-electron chi connectivity index (χ0n) is 21.9. The highest BCUT2D eigenvalue weighted by Gasteiger charge is 2.54. The lowest BCUT2D eigenvalue weighted by atomic mass is 9.79. The minimum atomic E-state index is -1.32. The van der Waals surface area contributed by atoms with Gasteiger partial charge in [-0.05, 0) is 42.8 Å². The first-order valence-corrected chi connectivity index (χ1v) is 12.7. The smallest absolute Gasteiger partial charge is 0.341 e. The second-order valence-corrected chi connectivity index (χ2v) is 9.64. The molecule has 1 atom stereocenters. The largest absolute Gasteiger partial charge is 0.493 e. The van der Waals surface area contributed by atoms with Crippen molar-refractivity contribution in [3.8, 4) is 17.0 Å². The number of carbonyl (C=O) groups excluding carboxylic acids is 1. The number of cyclic esters (lactones) is 1. The molecule has 3 aromatic carbocycles. The van der Waals surface area contributed by atoms with E-state index in [4.69, 9.17) is 14.5 Å². The number of nitrogens with zero attached hydrogens (tertiary/aromatic N) is 3. The third-order valence-electron chi connectivity index (χ3n) is 7.27. The van der Waals surface area contributed by atoms with Crippen LogP contribution in [0.25, 0.3) is 22.2 Å². The molecule has 0 saturated carbocycles. The number of para-hydroxylation sites is 1. The Balaban J connectivity index is 1.80. The van der Waals surface area contributed by atoms with E-state index in [1.54, 1.807) is 18.3 Å². The van der Waals surface area contributed by atoms with Crippen LogP contribution in [0.3, 0.4) is 0 Å². The van der Waals surface area contributed by atoms with Gasteiger partial charge < -0.3 is 18.9 Å². The maximum atomic E-state index is 13.5. The minimum absolute atomic E-state index is 0.404. The first-order chi connectivity index (χ1) is 18.5. The summed E-state index contributed by atoms with van der Waals surface area (Å²) in [5, 5.41) is 0.985. The topological polar surface area (TPSA) is 56.6 Å². The van der Waals surface area contributed by atoms with Crippen LogP contribution in [0.5, 0.6) is 5.75 Å². The van der Waals surface area contributed by atoms with Gasteiger partial charge in [0.05, 0.1) is 17.9 Å². The Morgan fingerprint density at radius 2 is 1.74 bits per heavy atom. The van der Waals surface area contributed by atoms with Crippen LogP contribution in [-0.4, -0.2) is 36.2 Å². The summed E-state index contributed by atoms with van der Waals surface area (Å²) in [6.45, 7) is 2.42. The molecule has 0 fully saturated rings. The van der Waals surface area contributed by atoms with E-state index in [9.17, 15) is 4.79 Å².